The molecule has 7 nitrogen and oxygen atoms in total. The third kappa shape index (κ3) is 5.69. The lowest BCUT2D eigenvalue weighted by molar-refractivity contribution is 0.0950. The van der Waals surface area contributed by atoms with Gasteiger partial charge in [-0.05, 0) is 53.9 Å². The third-order valence-electron chi connectivity index (χ3n) is 4.49. The lowest BCUT2D eigenvalue weighted by Gasteiger charge is -2.11. The van der Waals surface area contributed by atoms with Crippen molar-refractivity contribution in [3.63, 3.8) is 0 Å². The van der Waals surface area contributed by atoms with Gasteiger partial charge in [-0.15, -0.1) is 0 Å². The van der Waals surface area contributed by atoms with Gasteiger partial charge in [-0.2, -0.15) is 13.5 Å². The van der Waals surface area contributed by atoms with Crippen molar-refractivity contribution in [3.05, 3.63) is 75.9 Å². The van der Waals surface area contributed by atoms with Crippen LogP contribution in [0, 0.1) is 6.92 Å². The summed E-state index contributed by atoms with van der Waals surface area (Å²) in [5.41, 5.74) is 4.34. The molecule has 30 heavy (non-hydrogen) atoms. The number of aromatic nitrogens is 2. The van der Waals surface area contributed by atoms with E-state index in [1.165, 1.54) is 0 Å². The molecule has 3 aromatic rings. The number of carbonyl (C=O) groups excluding carboxylic acids is 1. The van der Waals surface area contributed by atoms with Crippen LogP contribution in [-0.4, -0.2) is 30.4 Å². The first-order valence-electron chi connectivity index (χ1n) is 9.12. The molecule has 1 aromatic heterocycles. The van der Waals surface area contributed by atoms with E-state index in [9.17, 15) is 13.2 Å². The molecule has 1 N–H and O–H groups in total. The van der Waals surface area contributed by atoms with Crippen molar-refractivity contribution in [1.29, 1.82) is 0 Å². The largest absolute Gasteiger partial charge is 0.348 e. The zero-order chi connectivity index (χ0) is 21.9. The Morgan fingerprint density at radius 1 is 1.17 bits per heavy atom. The van der Waals surface area contributed by atoms with Gasteiger partial charge in [-0.25, -0.2) is 0 Å². The molecule has 0 atom stereocenters. The molecular formula is C21H22ClN3O4S. The number of halogens is 1. The summed E-state index contributed by atoms with van der Waals surface area (Å²) >= 11 is 6.05. The number of hydrogen-bond acceptors (Lipinski definition) is 5. The summed E-state index contributed by atoms with van der Waals surface area (Å²) in [5, 5.41) is 7.71. The van der Waals surface area contributed by atoms with Crippen LogP contribution in [0.2, 0.25) is 5.02 Å². The van der Waals surface area contributed by atoms with Crippen LogP contribution in [-0.2, 0) is 34.5 Å². The Hall–Kier alpha value is -2.68. The molecule has 1 heterocycles. The molecule has 0 aliphatic rings. The highest BCUT2D eigenvalue weighted by Gasteiger charge is 2.13. The second kappa shape index (κ2) is 8.99. The number of carbonyl (C=O) groups is 1. The van der Waals surface area contributed by atoms with E-state index >= 15 is 0 Å². The van der Waals surface area contributed by atoms with Crippen molar-refractivity contribution >= 4 is 27.6 Å². The molecule has 1 amide bonds. The summed E-state index contributed by atoms with van der Waals surface area (Å²) in [5.74, 6) is -0.285. The van der Waals surface area contributed by atoms with Crippen molar-refractivity contribution in [3.8, 4) is 11.3 Å². The minimum absolute atomic E-state index is 0.165. The van der Waals surface area contributed by atoms with Gasteiger partial charge in [0.05, 0.1) is 18.6 Å². The van der Waals surface area contributed by atoms with E-state index < -0.39 is 10.1 Å². The first-order valence-corrected chi connectivity index (χ1v) is 11.3. The van der Waals surface area contributed by atoms with E-state index in [-0.39, 0.29) is 12.5 Å². The smallest absolute Gasteiger partial charge is 0.264 e. The van der Waals surface area contributed by atoms with E-state index in [0.29, 0.717) is 22.7 Å². The first-order chi connectivity index (χ1) is 14.1. The maximum absolute atomic E-state index is 12.8. The van der Waals surface area contributed by atoms with Crippen LogP contribution in [0.4, 0.5) is 0 Å². The summed E-state index contributed by atoms with van der Waals surface area (Å²) < 4.78 is 29.3. The first kappa shape index (κ1) is 22.0. The van der Waals surface area contributed by atoms with E-state index in [0.717, 1.165) is 28.6 Å². The topological polar surface area (TPSA) is 90.3 Å². The number of benzene rings is 2. The van der Waals surface area contributed by atoms with Gasteiger partial charge in [-0.3, -0.25) is 13.7 Å². The van der Waals surface area contributed by atoms with Crippen LogP contribution in [0.5, 0.6) is 0 Å². The standard InChI is InChI=1S/C21H22ClN3O4S/c1-14-8-15(4-5-19(14)22)12-23-21(26)18-10-16(13-29-30(3,27)28)9-17(11-18)20-6-7-24-25(20)2/h4-11H,12-13H2,1-3H3,(H,23,26). The summed E-state index contributed by atoms with van der Waals surface area (Å²) in [7, 11) is -1.82. The van der Waals surface area contributed by atoms with Crippen LogP contribution in [0.1, 0.15) is 27.0 Å². The van der Waals surface area contributed by atoms with Gasteiger partial charge in [0.1, 0.15) is 0 Å². The highest BCUT2D eigenvalue weighted by molar-refractivity contribution is 7.85. The molecular weight excluding hydrogens is 426 g/mol. The number of hydrogen-bond donors (Lipinski definition) is 1. The second-order valence-corrected chi connectivity index (χ2v) is 9.04. The molecule has 0 unspecified atom stereocenters. The summed E-state index contributed by atoms with van der Waals surface area (Å²) in [6.45, 7) is 2.07. The second-order valence-electron chi connectivity index (χ2n) is 6.99. The van der Waals surface area contributed by atoms with Gasteiger partial charge in [0.2, 0.25) is 0 Å². The van der Waals surface area contributed by atoms with Gasteiger partial charge in [-0.1, -0.05) is 23.7 Å². The number of rotatable bonds is 7. The fourth-order valence-electron chi connectivity index (χ4n) is 2.99. The van der Waals surface area contributed by atoms with E-state index in [1.54, 1.807) is 42.2 Å². The molecule has 0 saturated heterocycles. The predicted molar refractivity (Wildman–Crippen MR) is 116 cm³/mol. The molecule has 158 valence electrons. The van der Waals surface area contributed by atoms with Crippen molar-refractivity contribution < 1.29 is 17.4 Å². The van der Waals surface area contributed by atoms with Crippen LogP contribution in [0.3, 0.4) is 0 Å². The molecule has 0 aliphatic carbocycles. The number of amides is 1. The molecule has 0 radical (unpaired) electrons. The zero-order valence-electron chi connectivity index (χ0n) is 16.8. The molecule has 0 spiro atoms. The SMILES string of the molecule is Cc1cc(CNC(=O)c2cc(COS(C)(=O)=O)cc(-c3ccnn3C)c2)ccc1Cl. The van der Waals surface area contributed by atoms with E-state index in [2.05, 4.69) is 10.4 Å². The molecule has 0 saturated carbocycles. The maximum Gasteiger partial charge on any atom is 0.264 e. The number of nitrogens with zero attached hydrogens (tertiary/aromatic N) is 2. The fourth-order valence-corrected chi connectivity index (χ4v) is 3.46. The minimum atomic E-state index is -3.61. The molecule has 0 aliphatic heterocycles. The van der Waals surface area contributed by atoms with Gasteiger partial charge in [0, 0.05) is 35.9 Å². The molecule has 0 bridgehead atoms. The van der Waals surface area contributed by atoms with Crippen LogP contribution >= 0.6 is 11.6 Å². The van der Waals surface area contributed by atoms with E-state index in [4.69, 9.17) is 15.8 Å². The monoisotopic (exact) mass is 447 g/mol. The van der Waals surface area contributed by atoms with Gasteiger partial charge in [0.25, 0.3) is 16.0 Å². The van der Waals surface area contributed by atoms with Gasteiger partial charge in [0.15, 0.2) is 0 Å². The number of aryl methyl sites for hydroxylation is 2. The van der Waals surface area contributed by atoms with Crippen molar-refractivity contribution in [2.45, 2.75) is 20.1 Å². The molecule has 0 fully saturated rings. The molecule has 9 heteroatoms. The Morgan fingerprint density at radius 3 is 2.57 bits per heavy atom. The third-order valence-corrected chi connectivity index (χ3v) is 5.46. The summed E-state index contributed by atoms with van der Waals surface area (Å²) in [6, 6.07) is 12.5. The van der Waals surface area contributed by atoms with Crippen molar-refractivity contribution in [1.82, 2.24) is 15.1 Å². The highest BCUT2D eigenvalue weighted by atomic mass is 35.5. The van der Waals surface area contributed by atoms with Crippen LogP contribution in [0.25, 0.3) is 11.3 Å². The Bertz CT molecular complexity index is 1190. The fraction of sp³-hybridized carbons (Fsp3) is 0.238. The van der Waals surface area contributed by atoms with Crippen molar-refractivity contribution in [2.75, 3.05) is 6.26 Å². The zero-order valence-corrected chi connectivity index (χ0v) is 18.4. The highest BCUT2D eigenvalue weighted by Crippen LogP contribution is 2.23. The van der Waals surface area contributed by atoms with Gasteiger partial charge < -0.3 is 5.32 Å². The van der Waals surface area contributed by atoms with Crippen LogP contribution in [0.15, 0.2) is 48.7 Å². The van der Waals surface area contributed by atoms with Crippen LogP contribution < -0.4 is 5.32 Å². The lowest BCUT2D eigenvalue weighted by atomic mass is 10.0. The summed E-state index contributed by atoms with van der Waals surface area (Å²) in [4.78, 5) is 12.8. The average Bonchev–Trinajstić information content (AvgIpc) is 3.12. The Balaban J connectivity index is 1.86. The number of nitrogens with one attached hydrogen (secondary N) is 1. The molecule has 2 aromatic carbocycles. The maximum atomic E-state index is 12.8. The van der Waals surface area contributed by atoms with Crippen molar-refractivity contribution in [2.24, 2.45) is 7.05 Å². The normalized spacial score (nSPS) is 11.5. The van der Waals surface area contributed by atoms with Gasteiger partial charge >= 0.3 is 0 Å². The average molecular weight is 448 g/mol. The van der Waals surface area contributed by atoms with E-state index in [1.807, 2.05) is 25.1 Å². The minimum Gasteiger partial charge on any atom is -0.348 e. The Morgan fingerprint density at radius 2 is 1.93 bits per heavy atom. The Labute approximate surface area is 180 Å². The quantitative estimate of drug-likeness (QED) is 0.560. The summed E-state index contributed by atoms with van der Waals surface area (Å²) in [6.07, 6.45) is 2.64. The lowest BCUT2D eigenvalue weighted by Crippen LogP contribution is -2.23. The molecule has 3 rings (SSSR count). The predicted octanol–water partition coefficient (Wildman–Crippen LogP) is 3.46. The Kier molecular flexibility index (Phi) is 6.60.